The summed E-state index contributed by atoms with van der Waals surface area (Å²) < 4.78 is 37.8. The normalized spacial score (nSPS) is 12.7. The van der Waals surface area contributed by atoms with Crippen molar-refractivity contribution in [3.05, 3.63) is 24.4 Å². The average molecular weight is 271 g/mol. The van der Waals surface area contributed by atoms with Crippen LogP contribution in [0, 0.1) is 0 Å². The molecule has 2 heterocycles. The third-order valence-corrected chi connectivity index (χ3v) is 2.21. The quantitative estimate of drug-likeness (QED) is 0.791. The topological polar surface area (TPSA) is 73.6 Å². The number of nitrogens with zero attached hydrogens (tertiary/aromatic N) is 5. The Morgan fingerprint density at radius 2 is 1.89 bits per heavy atom. The van der Waals surface area contributed by atoms with Crippen LogP contribution in [0.3, 0.4) is 0 Å². The minimum absolute atomic E-state index is 0.00675. The maximum atomic E-state index is 13.1. The lowest BCUT2D eigenvalue weighted by atomic mass is 10.2. The second-order valence-corrected chi connectivity index (χ2v) is 3.57. The number of hydrogen-bond donors (Lipinski definition) is 0. The summed E-state index contributed by atoms with van der Waals surface area (Å²) in [6, 6.07) is 0. The van der Waals surface area contributed by atoms with Crippen molar-refractivity contribution >= 4 is 5.78 Å². The highest BCUT2D eigenvalue weighted by Crippen LogP contribution is 2.20. The number of carbonyl (C=O) groups excluding carboxylic acids is 1. The molecule has 9 heteroatoms. The molecule has 2 rings (SSSR count). The summed E-state index contributed by atoms with van der Waals surface area (Å²) in [5.74, 6) is -0.522. The summed E-state index contributed by atoms with van der Waals surface area (Å²) in [6.07, 6.45) is -2.41. The monoisotopic (exact) mass is 271 g/mol. The van der Waals surface area contributed by atoms with Crippen LogP contribution < -0.4 is 0 Å². The summed E-state index contributed by atoms with van der Waals surface area (Å²) in [4.78, 5) is 22.6. The largest absolute Gasteiger partial charge is 0.293 e. The molecule has 0 amide bonds. The van der Waals surface area contributed by atoms with Crippen LogP contribution in [-0.4, -0.2) is 36.9 Å². The summed E-state index contributed by atoms with van der Waals surface area (Å²) in [5, 5.41) is 3.54. The minimum Gasteiger partial charge on any atom is -0.293 e. The van der Waals surface area contributed by atoms with Crippen molar-refractivity contribution in [3.8, 4) is 11.5 Å². The SMILES string of the molecule is CC(=O)c1nccnc1-c1ncn(C(F)C(F)F)n1. The number of hydrogen-bond acceptors (Lipinski definition) is 5. The third kappa shape index (κ3) is 2.59. The van der Waals surface area contributed by atoms with E-state index in [1.165, 1.54) is 19.3 Å². The van der Waals surface area contributed by atoms with Crippen molar-refractivity contribution in [3.63, 3.8) is 0 Å². The summed E-state index contributed by atoms with van der Waals surface area (Å²) in [7, 11) is 0. The van der Waals surface area contributed by atoms with Gasteiger partial charge >= 0.3 is 0 Å². The number of aromatic nitrogens is 5. The zero-order valence-electron chi connectivity index (χ0n) is 9.66. The molecule has 6 nitrogen and oxygen atoms in total. The highest BCUT2D eigenvalue weighted by atomic mass is 19.3. The zero-order valence-corrected chi connectivity index (χ0v) is 9.66. The van der Waals surface area contributed by atoms with E-state index in [-0.39, 0.29) is 23.0 Å². The first-order chi connectivity index (χ1) is 9.00. The van der Waals surface area contributed by atoms with Gasteiger partial charge in [-0.05, 0) is 0 Å². The molecule has 2 aromatic rings. The van der Waals surface area contributed by atoms with Gasteiger partial charge in [0, 0.05) is 19.3 Å². The fraction of sp³-hybridized carbons (Fsp3) is 0.300. The molecule has 0 spiro atoms. The Balaban J connectivity index is 2.41. The van der Waals surface area contributed by atoms with Gasteiger partial charge in [0.2, 0.25) is 5.82 Å². The predicted molar refractivity (Wildman–Crippen MR) is 57.2 cm³/mol. The van der Waals surface area contributed by atoms with Crippen LogP contribution in [-0.2, 0) is 0 Å². The van der Waals surface area contributed by atoms with E-state index in [9.17, 15) is 18.0 Å². The Labute approximate surface area is 105 Å². The van der Waals surface area contributed by atoms with Gasteiger partial charge in [0.1, 0.15) is 17.7 Å². The van der Waals surface area contributed by atoms with Crippen LogP contribution in [0.25, 0.3) is 11.5 Å². The number of carbonyl (C=O) groups is 1. The van der Waals surface area contributed by atoms with Gasteiger partial charge in [-0.15, -0.1) is 5.10 Å². The molecule has 0 aliphatic rings. The third-order valence-electron chi connectivity index (χ3n) is 2.21. The van der Waals surface area contributed by atoms with Gasteiger partial charge in [-0.2, -0.15) is 0 Å². The van der Waals surface area contributed by atoms with E-state index in [1.54, 1.807) is 0 Å². The zero-order chi connectivity index (χ0) is 14.0. The van der Waals surface area contributed by atoms with Gasteiger partial charge in [0.15, 0.2) is 5.78 Å². The van der Waals surface area contributed by atoms with Crippen LogP contribution in [0.15, 0.2) is 18.7 Å². The molecule has 0 fully saturated rings. The average Bonchev–Trinajstić information content (AvgIpc) is 2.87. The lowest BCUT2D eigenvalue weighted by Crippen LogP contribution is -2.13. The van der Waals surface area contributed by atoms with E-state index in [0.29, 0.717) is 4.68 Å². The van der Waals surface area contributed by atoms with E-state index in [0.717, 1.165) is 6.33 Å². The lowest BCUT2D eigenvalue weighted by Gasteiger charge is -2.05. The van der Waals surface area contributed by atoms with Crippen LogP contribution in [0.4, 0.5) is 13.2 Å². The molecule has 0 radical (unpaired) electrons. The Bertz CT molecular complexity index is 600. The summed E-state index contributed by atoms with van der Waals surface area (Å²) in [5.41, 5.74) is 0.0166. The molecular formula is C10H8F3N5O. The molecule has 0 N–H and O–H groups in total. The van der Waals surface area contributed by atoms with Gasteiger partial charge < -0.3 is 0 Å². The number of alkyl halides is 3. The fourth-order valence-electron chi connectivity index (χ4n) is 1.38. The minimum atomic E-state index is -3.22. The molecule has 0 saturated carbocycles. The van der Waals surface area contributed by atoms with E-state index >= 15 is 0 Å². The Morgan fingerprint density at radius 3 is 2.53 bits per heavy atom. The van der Waals surface area contributed by atoms with Gasteiger partial charge in [-0.25, -0.2) is 32.8 Å². The van der Waals surface area contributed by atoms with Crippen molar-refractivity contribution in [1.29, 1.82) is 0 Å². The maximum Gasteiger partial charge on any atom is 0.289 e. The van der Waals surface area contributed by atoms with Crippen LogP contribution in [0.1, 0.15) is 23.7 Å². The first-order valence-electron chi connectivity index (χ1n) is 5.16. The highest BCUT2D eigenvalue weighted by molar-refractivity contribution is 5.96. The van der Waals surface area contributed by atoms with Crippen molar-refractivity contribution in [2.45, 2.75) is 19.6 Å². The summed E-state index contributed by atoms with van der Waals surface area (Å²) >= 11 is 0. The molecule has 0 aliphatic carbocycles. The molecule has 2 aromatic heterocycles. The lowest BCUT2D eigenvalue weighted by molar-refractivity contribution is 0.000659. The van der Waals surface area contributed by atoms with Gasteiger partial charge in [0.05, 0.1) is 0 Å². The highest BCUT2D eigenvalue weighted by Gasteiger charge is 2.24. The van der Waals surface area contributed by atoms with Crippen molar-refractivity contribution in [2.75, 3.05) is 0 Å². The van der Waals surface area contributed by atoms with E-state index in [1.807, 2.05) is 0 Å². The standard InChI is InChI=1S/C10H8F3N5O/c1-5(19)6-7(15-3-2-14-6)10-16-4-18(17-10)9(13)8(11)12/h2-4,8-9H,1H3. The van der Waals surface area contributed by atoms with Crippen molar-refractivity contribution in [2.24, 2.45) is 0 Å². The second-order valence-electron chi connectivity index (χ2n) is 3.57. The first-order valence-corrected chi connectivity index (χ1v) is 5.16. The van der Waals surface area contributed by atoms with Gasteiger partial charge in [-0.3, -0.25) is 4.79 Å². The predicted octanol–water partition coefficient (Wildman–Crippen LogP) is 1.67. The van der Waals surface area contributed by atoms with Crippen LogP contribution in [0.5, 0.6) is 0 Å². The van der Waals surface area contributed by atoms with E-state index < -0.39 is 12.7 Å². The molecule has 1 atom stereocenters. The molecule has 0 saturated heterocycles. The van der Waals surface area contributed by atoms with Crippen LogP contribution in [0.2, 0.25) is 0 Å². The van der Waals surface area contributed by atoms with Gasteiger partial charge in [0.25, 0.3) is 12.7 Å². The van der Waals surface area contributed by atoms with E-state index in [4.69, 9.17) is 0 Å². The van der Waals surface area contributed by atoms with E-state index in [2.05, 4.69) is 20.1 Å². The molecular weight excluding hydrogens is 263 g/mol. The molecule has 0 bridgehead atoms. The Kier molecular flexibility index (Phi) is 3.54. The number of rotatable bonds is 4. The smallest absolute Gasteiger partial charge is 0.289 e. The molecule has 100 valence electrons. The fourth-order valence-corrected chi connectivity index (χ4v) is 1.38. The first kappa shape index (κ1) is 13.1. The van der Waals surface area contributed by atoms with Crippen molar-refractivity contribution in [1.82, 2.24) is 24.7 Å². The molecule has 1 unspecified atom stereocenters. The number of halogens is 3. The molecule has 0 aromatic carbocycles. The Hall–Kier alpha value is -2.32. The number of ketones is 1. The Morgan fingerprint density at radius 1 is 1.21 bits per heavy atom. The van der Waals surface area contributed by atoms with Gasteiger partial charge in [-0.1, -0.05) is 0 Å². The van der Waals surface area contributed by atoms with Crippen LogP contribution >= 0.6 is 0 Å². The second kappa shape index (κ2) is 5.12. The van der Waals surface area contributed by atoms with Crippen molar-refractivity contribution < 1.29 is 18.0 Å². The molecule has 0 aliphatic heterocycles. The maximum absolute atomic E-state index is 13.1. The molecule has 19 heavy (non-hydrogen) atoms. The number of Topliss-reactive ketones (excluding diaryl/α,β-unsaturated/α-hetero) is 1. The summed E-state index contributed by atoms with van der Waals surface area (Å²) in [6.45, 7) is 1.27.